The first-order chi connectivity index (χ1) is 12.8. The average Bonchev–Trinajstić information content (AvgIpc) is 2.75. The minimum atomic E-state index is -0.946. The fraction of sp³-hybridized carbons (Fsp3) is 0.250. The van der Waals surface area contributed by atoms with E-state index in [1.165, 1.54) is 11.1 Å². The van der Waals surface area contributed by atoms with Gasteiger partial charge < -0.3 is 10.4 Å². The van der Waals surface area contributed by atoms with Crippen molar-refractivity contribution in [2.75, 3.05) is 13.1 Å². The van der Waals surface area contributed by atoms with E-state index in [4.69, 9.17) is 0 Å². The molecule has 0 saturated carbocycles. The molecule has 0 bridgehead atoms. The molecule has 3 aromatic carbocycles. The van der Waals surface area contributed by atoms with Crippen LogP contribution in [0.4, 0.5) is 0 Å². The van der Waals surface area contributed by atoms with Gasteiger partial charge in [-0.1, -0.05) is 84.9 Å². The Morgan fingerprint density at radius 1 is 0.654 bits per heavy atom. The molecule has 132 valence electrons. The summed E-state index contributed by atoms with van der Waals surface area (Å²) in [6, 6.07) is 28.9. The molecule has 3 aromatic rings. The summed E-state index contributed by atoms with van der Waals surface area (Å²) >= 11 is 0. The number of hydrogen-bond acceptors (Lipinski definition) is 2. The van der Waals surface area contributed by atoms with E-state index in [0.29, 0.717) is 0 Å². The molecule has 26 heavy (non-hydrogen) atoms. The smallest absolute Gasteiger partial charge is 0.117 e. The zero-order chi connectivity index (χ0) is 17.8. The molecule has 1 atom stereocenters. The molecular weight excluding hydrogens is 318 g/mol. The number of nitrogens with one attached hydrogen (secondary N) is 1. The minimum Gasteiger partial charge on any atom is -0.380 e. The van der Waals surface area contributed by atoms with Gasteiger partial charge in [0.2, 0.25) is 0 Å². The van der Waals surface area contributed by atoms with Crippen LogP contribution >= 0.6 is 0 Å². The molecule has 2 heteroatoms. The van der Waals surface area contributed by atoms with Crippen molar-refractivity contribution in [3.63, 3.8) is 0 Å². The number of rotatable bonds is 4. The monoisotopic (exact) mass is 343 g/mol. The van der Waals surface area contributed by atoms with Crippen molar-refractivity contribution < 1.29 is 5.11 Å². The van der Waals surface area contributed by atoms with Crippen LogP contribution in [0, 0.1) is 5.92 Å². The molecule has 1 aliphatic rings. The number of piperidine rings is 1. The van der Waals surface area contributed by atoms with Crippen molar-refractivity contribution in [2.24, 2.45) is 5.92 Å². The predicted octanol–water partition coefficient (Wildman–Crippen LogP) is 4.59. The molecule has 4 rings (SSSR count). The van der Waals surface area contributed by atoms with Crippen LogP contribution in [0.25, 0.3) is 11.1 Å². The van der Waals surface area contributed by atoms with E-state index in [-0.39, 0.29) is 5.92 Å². The van der Waals surface area contributed by atoms with Gasteiger partial charge in [-0.05, 0) is 54.1 Å². The lowest BCUT2D eigenvalue weighted by atomic mass is 9.72. The molecule has 1 heterocycles. The number of hydrogen-bond donors (Lipinski definition) is 2. The molecule has 0 amide bonds. The lowest BCUT2D eigenvalue weighted by Crippen LogP contribution is -2.42. The van der Waals surface area contributed by atoms with Crippen LogP contribution in [0.2, 0.25) is 0 Å². The predicted molar refractivity (Wildman–Crippen MR) is 107 cm³/mol. The van der Waals surface area contributed by atoms with Gasteiger partial charge in [0.15, 0.2) is 0 Å². The second kappa shape index (κ2) is 7.45. The highest BCUT2D eigenvalue weighted by atomic mass is 16.3. The summed E-state index contributed by atoms with van der Waals surface area (Å²) in [6.45, 7) is 1.92. The van der Waals surface area contributed by atoms with Crippen LogP contribution < -0.4 is 5.32 Å². The van der Waals surface area contributed by atoms with Gasteiger partial charge in [0, 0.05) is 0 Å². The number of benzene rings is 3. The van der Waals surface area contributed by atoms with Crippen LogP contribution in [0.1, 0.15) is 24.0 Å². The fourth-order valence-corrected chi connectivity index (χ4v) is 4.12. The van der Waals surface area contributed by atoms with Crippen molar-refractivity contribution in [3.05, 3.63) is 96.1 Å². The molecule has 2 N–H and O–H groups in total. The van der Waals surface area contributed by atoms with Crippen molar-refractivity contribution in [1.29, 1.82) is 0 Å². The van der Waals surface area contributed by atoms with Crippen molar-refractivity contribution in [2.45, 2.75) is 18.4 Å². The summed E-state index contributed by atoms with van der Waals surface area (Å²) in [5.41, 5.74) is 3.40. The van der Waals surface area contributed by atoms with Crippen LogP contribution in [0.15, 0.2) is 84.9 Å². The second-order valence-electron chi connectivity index (χ2n) is 7.10. The molecule has 2 nitrogen and oxygen atoms in total. The van der Waals surface area contributed by atoms with E-state index in [0.717, 1.165) is 37.1 Å². The van der Waals surface area contributed by atoms with E-state index >= 15 is 0 Å². The van der Waals surface area contributed by atoms with Crippen LogP contribution in [0.3, 0.4) is 0 Å². The summed E-state index contributed by atoms with van der Waals surface area (Å²) in [7, 11) is 0. The summed E-state index contributed by atoms with van der Waals surface area (Å²) in [5.74, 6) is 0.216. The maximum absolute atomic E-state index is 11.9. The van der Waals surface area contributed by atoms with E-state index in [1.54, 1.807) is 0 Å². The van der Waals surface area contributed by atoms with E-state index in [9.17, 15) is 5.11 Å². The first-order valence-corrected chi connectivity index (χ1v) is 9.43. The second-order valence-corrected chi connectivity index (χ2v) is 7.10. The largest absolute Gasteiger partial charge is 0.380 e. The Morgan fingerprint density at radius 2 is 1.15 bits per heavy atom. The SMILES string of the molecule is OC(c1ccccc1)(c1ccc(-c2ccccc2)cc1)C1CCNCC1. The Kier molecular flexibility index (Phi) is 4.87. The van der Waals surface area contributed by atoms with E-state index in [1.807, 2.05) is 36.4 Å². The number of aliphatic hydroxyl groups is 1. The molecule has 1 unspecified atom stereocenters. The third-order valence-corrected chi connectivity index (χ3v) is 5.58. The highest BCUT2D eigenvalue weighted by Crippen LogP contribution is 2.41. The molecule has 0 aliphatic carbocycles. The van der Waals surface area contributed by atoms with Gasteiger partial charge in [0.25, 0.3) is 0 Å². The summed E-state index contributed by atoms with van der Waals surface area (Å²) in [4.78, 5) is 0. The Bertz CT molecular complexity index is 823. The highest BCUT2D eigenvalue weighted by Gasteiger charge is 2.40. The topological polar surface area (TPSA) is 32.3 Å². The van der Waals surface area contributed by atoms with Crippen LogP contribution in [0.5, 0.6) is 0 Å². The Hall–Kier alpha value is -2.42. The first kappa shape index (κ1) is 17.0. The quantitative estimate of drug-likeness (QED) is 0.726. The van der Waals surface area contributed by atoms with E-state index in [2.05, 4.69) is 53.8 Å². The Balaban J connectivity index is 1.74. The average molecular weight is 343 g/mol. The summed E-state index contributed by atoms with van der Waals surface area (Å²) < 4.78 is 0. The minimum absolute atomic E-state index is 0.216. The Labute approximate surface area is 155 Å². The van der Waals surface area contributed by atoms with Crippen LogP contribution in [-0.2, 0) is 5.60 Å². The van der Waals surface area contributed by atoms with E-state index < -0.39 is 5.60 Å². The normalized spacial score (nSPS) is 17.6. The van der Waals surface area contributed by atoms with Gasteiger partial charge >= 0.3 is 0 Å². The highest BCUT2D eigenvalue weighted by molar-refractivity contribution is 5.64. The van der Waals surface area contributed by atoms with Gasteiger partial charge in [-0.25, -0.2) is 0 Å². The molecule has 1 saturated heterocycles. The van der Waals surface area contributed by atoms with Gasteiger partial charge in [-0.15, -0.1) is 0 Å². The third kappa shape index (κ3) is 3.18. The van der Waals surface area contributed by atoms with Gasteiger partial charge in [-0.3, -0.25) is 0 Å². The maximum Gasteiger partial charge on any atom is 0.117 e. The third-order valence-electron chi connectivity index (χ3n) is 5.58. The maximum atomic E-state index is 11.9. The van der Waals surface area contributed by atoms with Crippen LogP contribution in [-0.4, -0.2) is 18.2 Å². The Morgan fingerprint density at radius 3 is 1.77 bits per heavy atom. The van der Waals surface area contributed by atoms with Crippen molar-refractivity contribution in [3.8, 4) is 11.1 Å². The molecular formula is C24H25NO. The summed E-state index contributed by atoms with van der Waals surface area (Å²) in [5, 5.41) is 15.3. The standard InChI is InChI=1S/C24H25NO/c26-24(21-9-5-2-6-10-21,23-15-17-25-18-16-23)22-13-11-20(12-14-22)19-7-3-1-4-8-19/h1-14,23,25-26H,15-18H2. The molecule has 1 aliphatic heterocycles. The van der Waals surface area contributed by atoms with Gasteiger partial charge in [-0.2, -0.15) is 0 Å². The zero-order valence-corrected chi connectivity index (χ0v) is 14.9. The molecule has 1 fully saturated rings. The first-order valence-electron chi connectivity index (χ1n) is 9.43. The van der Waals surface area contributed by atoms with Gasteiger partial charge in [0.05, 0.1) is 0 Å². The van der Waals surface area contributed by atoms with Crippen molar-refractivity contribution in [1.82, 2.24) is 5.32 Å². The fourth-order valence-electron chi connectivity index (χ4n) is 4.12. The van der Waals surface area contributed by atoms with Crippen molar-refractivity contribution >= 4 is 0 Å². The summed E-state index contributed by atoms with van der Waals surface area (Å²) in [6.07, 6.45) is 1.96. The van der Waals surface area contributed by atoms with Gasteiger partial charge in [0.1, 0.15) is 5.60 Å². The lowest BCUT2D eigenvalue weighted by molar-refractivity contribution is 0.00237. The molecule has 0 spiro atoms. The molecule has 0 radical (unpaired) electrons. The zero-order valence-electron chi connectivity index (χ0n) is 14.9. The molecule has 0 aromatic heterocycles. The lowest BCUT2D eigenvalue weighted by Gasteiger charge is -2.39.